The lowest BCUT2D eigenvalue weighted by atomic mass is 9.99. The van der Waals surface area contributed by atoms with Gasteiger partial charge < -0.3 is 10.2 Å². The lowest BCUT2D eigenvalue weighted by molar-refractivity contribution is 0.122. The number of aromatic nitrogens is 1. The van der Waals surface area contributed by atoms with E-state index in [1.807, 2.05) is 36.5 Å². The highest BCUT2D eigenvalue weighted by Crippen LogP contribution is 2.24. The summed E-state index contributed by atoms with van der Waals surface area (Å²) in [5.74, 6) is 1.65. The van der Waals surface area contributed by atoms with Crippen LogP contribution >= 0.6 is 0 Å². The number of piperidine rings is 1. The van der Waals surface area contributed by atoms with E-state index in [1.54, 1.807) is 0 Å². The number of benzene rings is 1. The Labute approximate surface area is 126 Å². The van der Waals surface area contributed by atoms with Crippen molar-refractivity contribution in [3.63, 3.8) is 0 Å². The molecule has 1 aromatic carbocycles. The Hall–Kier alpha value is -1.65. The van der Waals surface area contributed by atoms with Crippen LogP contribution in [0.2, 0.25) is 0 Å². The highest BCUT2D eigenvalue weighted by atomic mass is 16.4. The Balaban J connectivity index is 1.69. The van der Waals surface area contributed by atoms with Gasteiger partial charge in [-0.1, -0.05) is 36.8 Å². The zero-order chi connectivity index (χ0) is 14.5. The van der Waals surface area contributed by atoms with E-state index in [0.717, 1.165) is 43.3 Å². The largest absolute Gasteiger partial charge is 0.439 e. The second-order valence-electron chi connectivity index (χ2n) is 5.68. The fourth-order valence-electron chi connectivity index (χ4n) is 3.08. The minimum atomic E-state index is 0.579. The molecule has 0 bridgehead atoms. The van der Waals surface area contributed by atoms with Crippen LogP contribution in [0.5, 0.6) is 0 Å². The third kappa shape index (κ3) is 3.52. The molecule has 21 heavy (non-hydrogen) atoms. The smallest absolute Gasteiger partial charge is 0.209 e. The van der Waals surface area contributed by atoms with Gasteiger partial charge in [-0.15, -0.1) is 0 Å². The van der Waals surface area contributed by atoms with Crippen LogP contribution in [-0.2, 0) is 6.54 Å². The number of nitrogens with two attached hydrogens (primary N) is 1. The van der Waals surface area contributed by atoms with Crippen molar-refractivity contribution in [2.24, 2.45) is 5.73 Å². The molecule has 4 heteroatoms. The molecule has 112 valence electrons. The molecule has 0 spiro atoms. The summed E-state index contributed by atoms with van der Waals surface area (Å²) in [5.41, 5.74) is 6.81. The van der Waals surface area contributed by atoms with E-state index in [1.165, 1.54) is 19.3 Å². The lowest BCUT2D eigenvalue weighted by Gasteiger charge is -2.34. The van der Waals surface area contributed by atoms with Crippen LogP contribution in [0.25, 0.3) is 11.3 Å². The third-order valence-corrected chi connectivity index (χ3v) is 4.20. The molecule has 1 saturated heterocycles. The molecule has 4 nitrogen and oxygen atoms in total. The number of oxazole rings is 1. The maximum absolute atomic E-state index is 5.91. The molecule has 0 radical (unpaired) electrons. The topological polar surface area (TPSA) is 55.3 Å². The van der Waals surface area contributed by atoms with Gasteiger partial charge >= 0.3 is 0 Å². The highest BCUT2D eigenvalue weighted by Gasteiger charge is 2.23. The molecule has 3 rings (SSSR count). The first-order valence-corrected chi connectivity index (χ1v) is 7.81. The van der Waals surface area contributed by atoms with Crippen molar-refractivity contribution in [2.45, 2.75) is 38.3 Å². The Kier molecular flexibility index (Phi) is 4.68. The van der Waals surface area contributed by atoms with E-state index in [4.69, 9.17) is 10.2 Å². The second-order valence-corrected chi connectivity index (χ2v) is 5.68. The molecule has 1 aliphatic heterocycles. The minimum Gasteiger partial charge on any atom is -0.439 e. The molecule has 1 atom stereocenters. The molecule has 1 aliphatic rings. The van der Waals surface area contributed by atoms with Crippen molar-refractivity contribution in [1.29, 1.82) is 0 Å². The van der Waals surface area contributed by atoms with Gasteiger partial charge in [-0.3, -0.25) is 4.90 Å². The summed E-state index contributed by atoms with van der Waals surface area (Å²) >= 11 is 0. The second kappa shape index (κ2) is 6.87. The van der Waals surface area contributed by atoms with Crippen LogP contribution in [0.4, 0.5) is 0 Å². The van der Waals surface area contributed by atoms with Gasteiger partial charge in [0.2, 0.25) is 5.89 Å². The van der Waals surface area contributed by atoms with Crippen molar-refractivity contribution in [3.05, 3.63) is 42.4 Å². The van der Waals surface area contributed by atoms with E-state index in [0.29, 0.717) is 6.04 Å². The normalized spacial score (nSPS) is 19.8. The van der Waals surface area contributed by atoms with Crippen LogP contribution in [0.3, 0.4) is 0 Å². The molecule has 0 amide bonds. The Bertz CT molecular complexity index is 550. The van der Waals surface area contributed by atoms with Gasteiger partial charge in [-0.25, -0.2) is 4.98 Å². The number of rotatable bonds is 5. The van der Waals surface area contributed by atoms with Crippen molar-refractivity contribution >= 4 is 0 Å². The molecule has 2 aromatic rings. The Morgan fingerprint density at radius 2 is 2.10 bits per heavy atom. The summed E-state index contributed by atoms with van der Waals surface area (Å²) in [7, 11) is 0. The molecule has 1 fully saturated rings. The number of hydrogen-bond acceptors (Lipinski definition) is 4. The Morgan fingerprint density at radius 3 is 2.90 bits per heavy atom. The molecule has 2 heterocycles. The van der Waals surface area contributed by atoms with Gasteiger partial charge in [0, 0.05) is 11.6 Å². The van der Waals surface area contributed by atoms with Gasteiger partial charge in [0.05, 0.1) is 12.7 Å². The number of hydrogen-bond donors (Lipinski definition) is 1. The predicted molar refractivity (Wildman–Crippen MR) is 83.7 cm³/mol. The molecular formula is C17H23N3O. The molecule has 0 aliphatic carbocycles. The van der Waals surface area contributed by atoms with E-state index < -0.39 is 0 Å². The first kappa shape index (κ1) is 14.3. The lowest BCUT2D eigenvalue weighted by Crippen LogP contribution is -2.40. The molecule has 2 N–H and O–H groups in total. The monoisotopic (exact) mass is 285 g/mol. The van der Waals surface area contributed by atoms with E-state index in [-0.39, 0.29) is 0 Å². The summed E-state index contributed by atoms with van der Waals surface area (Å²) in [5, 5.41) is 0. The maximum atomic E-state index is 5.91. The van der Waals surface area contributed by atoms with Crippen molar-refractivity contribution < 1.29 is 4.42 Å². The number of likely N-dealkylation sites (tertiary alicyclic amines) is 1. The average molecular weight is 285 g/mol. The average Bonchev–Trinajstić information content (AvgIpc) is 2.99. The van der Waals surface area contributed by atoms with Gasteiger partial charge in [0.1, 0.15) is 0 Å². The fraction of sp³-hybridized carbons (Fsp3) is 0.471. The minimum absolute atomic E-state index is 0.579. The zero-order valence-electron chi connectivity index (χ0n) is 12.4. The van der Waals surface area contributed by atoms with Gasteiger partial charge in [-0.2, -0.15) is 0 Å². The van der Waals surface area contributed by atoms with Crippen molar-refractivity contribution in [2.75, 3.05) is 13.1 Å². The van der Waals surface area contributed by atoms with Gasteiger partial charge in [0.25, 0.3) is 0 Å². The van der Waals surface area contributed by atoms with E-state index in [9.17, 15) is 0 Å². The quantitative estimate of drug-likeness (QED) is 0.917. The SMILES string of the molecule is NCCC1CCCCN1Cc1ncc(-c2ccccc2)o1. The van der Waals surface area contributed by atoms with Crippen LogP contribution in [0.15, 0.2) is 40.9 Å². The summed E-state index contributed by atoms with van der Waals surface area (Å²) in [6.07, 6.45) is 6.69. The van der Waals surface area contributed by atoms with Crippen molar-refractivity contribution in [3.8, 4) is 11.3 Å². The summed E-state index contributed by atoms with van der Waals surface area (Å²) < 4.78 is 5.91. The number of nitrogens with zero attached hydrogens (tertiary/aromatic N) is 2. The van der Waals surface area contributed by atoms with Gasteiger partial charge in [-0.05, 0) is 32.4 Å². The predicted octanol–water partition coefficient (Wildman–Crippen LogP) is 3.04. The fourth-order valence-corrected chi connectivity index (χ4v) is 3.08. The van der Waals surface area contributed by atoms with E-state index in [2.05, 4.69) is 9.88 Å². The standard InChI is InChI=1S/C17H23N3O/c18-10-9-15-8-4-5-11-20(15)13-17-19-12-16(21-17)14-6-2-1-3-7-14/h1-3,6-7,12,15H,4-5,8-11,13,18H2. The van der Waals surface area contributed by atoms with Crippen LogP contribution < -0.4 is 5.73 Å². The first-order valence-electron chi connectivity index (χ1n) is 7.81. The van der Waals surface area contributed by atoms with Crippen LogP contribution in [-0.4, -0.2) is 29.0 Å². The molecule has 1 unspecified atom stereocenters. The first-order chi connectivity index (χ1) is 10.4. The van der Waals surface area contributed by atoms with Crippen molar-refractivity contribution in [1.82, 2.24) is 9.88 Å². The molecular weight excluding hydrogens is 262 g/mol. The van der Waals surface area contributed by atoms with Crippen LogP contribution in [0.1, 0.15) is 31.6 Å². The molecule has 0 saturated carbocycles. The molecule has 1 aromatic heterocycles. The van der Waals surface area contributed by atoms with E-state index >= 15 is 0 Å². The van der Waals surface area contributed by atoms with Crippen LogP contribution in [0, 0.1) is 0 Å². The van der Waals surface area contributed by atoms with Gasteiger partial charge in [0.15, 0.2) is 5.76 Å². The Morgan fingerprint density at radius 1 is 1.24 bits per heavy atom. The summed E-state index contributed by atoms with van der Waals surface area (Å²) in [4.78, 5) is 6.91. The zero-order valence-corrected chi connectivity index (χ0v) is 12.4. The highest BCUT2D eigenvalue weighted by molar-refractivity contribution is 5.55. The maximum Gasteiger partial charge on any atom is 0.209 e. The summed E-state index contributed by atoms with van der Waals surface area (Å²) in [6, 6.07) is 10.7. The summed E-state index contributed by atoms with van der Waals surface area (Å²) in [6.45, 7) is 2.66. The third-order valence-electron chi connectivity index (χ3n) is 4.20.